The standard InChI is InChI=1S/C19H39N5O3/c1-17(2)16-27-12-6-8-21-19(22-15-18(25)23(3)4)20-7-5-9-24-10-13-26-14-11-24/h17H,5-16H2,1-4H3,(H2,20,21,22). The molecule has 8 nitrogen and oxygen atoms in total. The summed E-state index contributed by atoms with van der Waals surface area (Å²) in [5.41, 5.74) is 0. The van der Waals surface area contributed by atoms with Crippen LogP contribution in [0.15, 0.2) is 4.99 Å². The molecular formula is C19H39N5O3. The molecule has 0 aromatic carbocycles. The number of hydrogen-bond donors (Lipinski definition) is 2. The summed E-state index contributed by atoms with van der Waals surface area (Å²) in [5.74, 6) is 1.24. The number of aliphatic imine (C=N–C) groups is 1. The van der Waals surface area contributed by atoms with E-state index in [1.54, 1.807) is 19.0 Å². The molecule has 0 aliphatic carbocycles. The van der Waals surface area contributed by atoms with Gasteiger partial charge in [-0.3, -0.25) is 9.69 Å². The van der Waals surface area contributed by atoms with Crippen molar-refractivity contribution in [2.75, 3.05) is 79.8 Å². The molecule has 1 fully saturated rings. The third kappa shape index (κ3) is 12.6. The number of likely N-dealkylation sites (N-methyl/N-ethyl adjacent to an activating group) is 1. The first kappa shape index (κ1) is 23.7. The Balaban J connectivity index is 2.28. The van der Waals surface area contributed by atoms with Crippen molar-refractivity contribution in [3.8, 4) is 0 Å². The fourth-order valence-corrected chi connectivity index (χ4v) is 2.50. The third-order valence-corrected chi connectivity index (χ3v) is 4.13. The van der Waals surface area contributed by atoms with Gasteiger partial charge in [0, 0.05) is 53.5 Å². The highest BCUT2D eigenvalue weighted by molar-refractivity contribution is 5.84. The van der Waals surface area contributed by atoms with Crippen molar-refractivity contribution in [1.82, 2.24) is 20.4 Å². The summed E-state index contributed by atoms with van der Waals surface area (Å²) >= 11 is 0. The second-order valence-corrected chi connectivity index (χ2v) is 7.44. The Bertz CT molecular complexity index is 424. The number of nitrogens with one attached hydrogen (secondary N) is 2. The normalized spacial score (nSPS) is 15.8. The molecule has 0 saturated carbocycles. The van der Waals surface area contributed by atoms with Gasteiger partial charge in [0.15, 0.2) is 5.96 Å². The molecule has 8 heteroatoms. The maximum atomic E-state index is 11.8. The van der Waals surface area contributed by atoms with E-state index in [0.717, 1.165) is 72.0 Å². The Hall–Kier alpha value is -1.38. The minimum Gasteiger partial charge on any atom is -0.381 e. The predicted octanol–water partition coefficient (Wildman–Crippen LogP) is 0.395. The van der Waals surface area contributed by atoms with Crippen LogP contribution in [0.1, 0.15) is 26.7 Å². The molecule has 0 aromatic heterocycles. The van der Waals surface area contributed by atoms with Crippen LogP contribution in [-0.2, 0) is 14.3 Å². The third-order valence-electron chi connectivity index (χ3n) is 4.13. The van der Waals surface area contributed by atoms with E-state index in [-0.39, 0.29) is 12.5 Å². The van der Waals surface area contributed by atoms with Gasteiger partial charge in [0.2, 0.25) is 5.91 Å². The van der Waals surface area contributed by atoms with Gasteiger partial charge in [0.05, 0.1) is 13.2 Å². The predicted molar refractivity (Wildman–Crippen MR) is 109 cm³/mol. The number of ether oxygens (including phenoxy) is 2. The second-order valence-electron chi connectivity index (χ2n) is 7.44. The maximum Gasteiger partial charge on any atom is 0.243 e. The molecule has 27 heavy (non-hydrogen) atoms. The number of amides is 1. The molecule has 1 heterocycles. The number of guanidine groups is 1. The topological polar surface area (TPSA) is 78.4 Å². The van der Waals surface area contributed by atoms with Gasteiger partial charge in [0.1, 0.15) is 6.54 Å². The minimum absolute atomic E-state index is 0.00955. The fourth-order valence-electron chi connectivity index (χ4n) is 2.50. The maximum absolute atomic E-state index is 11.8. The number of carbonyl (C=O) groups excluding carboxylic acids is 1. The molecule has 158 valence electrons. The summed E-state index contributed by atoms with van der Waals surface area (Å²) in [7, 11) is 3.49. The Morgan fingerprint density at radius 3 is 2.48 bits per heavy atom. The van der Waals surface area contributed by atoms with Crippen molar-refractivity contribution in [2.24, 2.45) is 10.9 Å². The number of morpholine rings is 1. The average Bonchev–Trinajstić information content (AvgIpc) is 2.65. The van der Waals surface area contributed by atoms with Gasteiger partial charge < -0.3 is 25.0 Å². The van der Waals surface area contributed by atoms with E-state index in [0.29, 0.717) is 11.9 Å². The van der Waals surface area contributed by atoms with Crippen LogP contribution >= 0.6 is 0 Å². The Kier molecular flexibility index (Phi) is 12.8. The zero-order valence-corrected chi connectivity index (χ0v) is 17.6. The molecule has 1 rings (SSSR count). The summed E-state index contributed by atoms with van der Waals surface area (Å²) in [6, 6.07) is 0. The van der Waals surface area contributed by atoms with E-state index in [2.05, 4.69) is 34.4 Å². The van der Waals surface area contributed by atoms with E-state index in [4.69, 9.17) is 9.47 Å². The van der Waals surface area contributed by atoms with Crippen molar-refractivity contribution in [1.29, 1.82) is 0 Å². The van der Waals surface area contributed by atoms with Crippen LogP contribution < -0.4 is 10.6 Å². The molecule has 0 unspecified atom stereocenters. The molecule has 0 spiro atoms. The number of hydrogen-bond acceptors (Lipinski definition) is 5. The van der Waals surface area contributed by atoms with Crippen LogP contribution in [0.3, 0.4) is 0 Å². The molecule has 2 N–H and O–H groups in total. The summed E-state index contributed by atoms with van der Waals surface area (Å²) < 4.78 is 11.0. The molecule has 1 aliphatic heterocycles. The van der Waals surface area contributed by atoms with Gasteiger partial charge in [0.25, 0.3) is 0 Å². The summed E-state index contributed by atoms with van der Waals surface area (Å²) in [5, 5.41) is 6.63. The molecule has 1 amide bonds. The summed E-state index contributed by atoms with van der Waals surface area (Å²) in [6.07, 6.45) is 1.93. The first-order valence-electron chi connectivity index (χ1n) is 10.1. The van der Waals surface area contributed by atoms with Crippen LogP contribution in [0.5, 0.6) is 0 Å². The smallest absolute Gasteiger partial charge is 0.243 e. The van der Waals surface area contributed by atoms with Crippen molar-refractivity contribution in [3.05, 3.63) is 0 Å². The largest absolute Gasteiger partial charge is 0.381 e. The van der Waals surface area contributed by atoms with Crippen LogP contribution in [0.25, 0.3) is 0 Å². The molecule has 0 bridgehead atoms. The average molecular weight is 386 g/mol. The molecule has 1 aliphatic rings. The van der Waals surface area contributed by atoms with Gasteiger partial charge >= 0.3 is 0 Å². The lowest BCUT2D eigenvalue weighted by atomic mass is 10.2. The van der Waals surface area contributed by atoms with E-state index in [9.17, 15) is 4.79 Å². The van der Waals surface area contributed by atoms with Crippen LogP contribution in [-0.4, -0.2) is 101 Å². The first-order valence-corrected chi connectivity index (χ1v) is 10.1. The summed E-state index contributed by atoms with van der Waals surface area (Å²) in [6.45, 7) is 12.3. The number of nitrogens with zero attached hydrogens (tertiary/aromatic N) is 3. The lowest BCUT2D eigenvalue weighted by molar-refractivity contribution is -0.127. The highest BCUT2D eigenvalue weighted by atomic mass is 16.5. The second kappa shape index (κ2) is 14.6. The quantitative estimate of drug-likeness (QED) is 0.288. The van der Waals surface area contributed by atoms with Gasteiger partial charge in [-0.25, -0.2) is 4.99 Å². The fraction of sp³-hybridized carbons (Fsp3) is 0.895. The zero-order valence-electron chi connectivity index (χ0n) is 17.6. The van der Waals surface area contributed by atoms with Crippen molar-refractivity contribution >= 4 is 11.9 Å². The van der Waals surface area contributed by atoms with E-state index >= 15 is 0 Å². The molecule has 0 aromatic rings. The van der Waals surface area contributed by atoms with E-state index < -0.39 is 0 Å². The van der Waals surface area contributed by atoms with Crippen molar-refractivity contribution in [3.63, 3.8) is 0 Å². The Morgan fingerprint density at radius 2 is 1.85 bits per heavy atom. The van der Waals surface area contributed by atoms with E-state index in [1.807, 2.05) is 0 Å². The summed E-state index contributed by atoms with van der Waals surface area (Å²) in [4.78, 5) is 20.2. The Morgan fingerprint density at radius 1 is 1.19 bits per heavy atom. The SMILES string of the molecule is CC(C)COCCCNC(=NCC(=O)N(C)C)NCCCN1CCOCC1. The Labute approximate surface area is 164 Å². The highest BCUT2D eigenvalue weighted by Crippen LogP contribution is 1.97. The molecule has 0 radical (unpaired) electrons. The number of rotatable bonds is 12. The molecular weight excluding hydrogens is 346 g/mol. The number of carbonyl (C=O) groups is 1. The van der Waals surface area contributed by atoms with Gasteiger partial charge in [-0.1, -0.05) is 13.8 Å². The zero-order chi connectivity index (χ0) is 19.9. The lowest BCUT2D eigenvalue weighted by Gasteiger charge is -2.26. The molecule has 1 saturated heterocycles. The molecule has 0 atom stereocenters. The lowest BCUT2D eigenvalue weighted by Crippen LogP contribution is -2.41. The van der Waals surface area contributed by atoms with Crippen LogP contribution in [0.4, 0.5) is 0 Å². The van der Waals surface area contributed by atoms with Gasteiger partial charge in [-0.15, -0.1) is 0 Å². The minimum atomic E-state index is -0.00955. The first-order chi connectivity index (χ1) is 13.0. The monoisotopic (exact) mass is 385 g/mol. The van der Waals surface area contributed by atoms with Crippen molar-refractivity contribution in [2.45, 2.75) is 26.7 Å². The van der Waals surface area contributed by atoms with E-state index in [1.165, 1.54) is 0 Å². The van der Waals surface area contributed by atoms with Crippen LogP contribution in [0.2, 0.25) is 0 Å². The van der Waals surface area contributed by atoms with Crippen LogP contribution in [0, 0.1) is 5.92 Å². The highest BCUT2D eigenvalue weighted by Gasteiger charge is 2.09. The van der Waals surface area contributed by atoms with Gasteiger partial charge in [-0.2, -0.15) is 0 Å². The van der Waals surface area contributed by atoms with Gasteiger partial charge in [-0.05, 0) is 25.3 Å². The van der Waals surface area contributed by atoms with Crippen molar-refractivity contribution < 1.29 is 14.3 Å².